The number of halogens is 1. The highest BCUT2D eigenvalue weighted by molar-refractivity contribution is 5.85. The molecule has 0 saturated heterocycles. The topological polar surface area (TPSA) is 69.9 Å². The largest absolute Gasteiger partial charge is 0.394 e. The van der Waals surface area contributed by atoms with Gasteiger partial charge in [-0.3, -0.25) is 4.68 Å². The lowest BCUT2D eigenvalue weighted by atomic mass is 10.5. The molecule has 0 atom stereocenters. The zero-order valence-electron chi connectivity index (χ0n) is 5.74. The Bertz CT molecular complexity index is 188. The third-order valence-corrected chi connectivity index (χ3v) is 1.14. The maximum atomic E-state index is 5.41. The van der Waals surface area contributed by atoms with Crippen LogP contribution in [-0.4, -0.2) is 9.78 Å². The quantitative estimate of drug-likeness (QED) is 0.632. The molecule has 58 valence electrons. The molecule has 10 heavy (non-hydrogen) atoms. The van der Waals surface area contributed by atoms with Gasteiger partial charge in [-0.05, 0) is 6.92 Å². The molecule has 1 rings (SSSR count). The van der Waals surface area contributed by atoms with Gasteiger partial charge in [0.05, 0.1) is 11.9 Å². The summed E-state index contributed by atoms with van der Waals surface area (Å²) in [6.07, 6.45) is 1.72. The van der Waals surface area contributed by atoms with Gasteiger partial charge in [-0.15, -0.1) is 12.4 Å². The van der Waals surface area contributed by atoms with Gasteiger partial charge in [0.15, 0.2) is 5.82 Å². The standard InChI is InChI=1S/C5H10N4.ClH/c1-2-9-3-4(6)5(7)8-9;/h3H,2,6H2,1H3,(H2,7,8);1H. The zero-order chi connectivity index (χ0) is 6.85. The van der Waals surface area contributed by atoms with E-state index in [2.05, 4.69) is 5.10 Å². The van der Waals surface area contributed by atoms with Crippen LogP contribution in [0.4, 0.5) is 11.5 Å². The fraction of sp³-hybridized carbons (Fsp3) is 0.400. The first kappa shape index (κ1) is 9.10. The first-order valence-electron chi connectivity index (χ1n) is 2.82. The lowest BCUT2D eigenvalue weighted by molar-refractivity contribution is 0.663. The number of nitrogens with zero attached hydrogens (tertiary/aromatic N) is 2. The number of hydrogen-bond acceptors (Lipinski definition) is 3. The molecule has 0 bridgehead atoms. The molecule has 0 spiro atoms. The number of nitrogen functional groups attached to an aromatic ring is 2. The predicted molar refractivity (Wildman–Crippen MR) is 44.0 cm³/mol. The highest BCUT2D eigenvalue weighted by Crippen LogP contribution is 2.08. The Morgan fingerprint density at radius 1 is 1.60 bits per heavy atom. The average molecular weight is 163 g/mol. The molecule has 0 aliphatic heterocycles. The Labute approximate surface area is 65.6 Å². The lowest BCUT2D eigenvalue weighted by Gasteiger charge is -1.88. The van der Waals surface area contributed by atoms with Crippen LogP contribution in [0.3, 0.4) is 0 Å². The van der Waals surface area contributed by atoms with Crippen molar-refractivity contribution in [2.45, 2.75) is 13.5 Å². The number of aryl methyl sites for hydroxylation is 1. The molecule has 5 heteroatoms. The van der Waals surface area contributed by atoms with E-state index in [1.807, 2.05) is 6.92 Å². The number of rotatable bonds is 1. The summed E-state index contributed by atoms with van der Waals surface area (Å²) in [4.78, 5) is 0. The minimum absolute atomic E-state index is 0. The van der Waals surface area contributed by atoms with Crippen molar-refractivity contribution in [1.29, 1.82) is 0 Å². The summed E-state index contributed by atoms with van der Waals surface area (Å²) >= 11 is 0. The Hall–Kier alpha value is -0.900. The fourth-order valence-electron chi connectivity index (χ4n) is 0.614. The summed E-state index contributed by atoms with van der Waals surface area (Å²) in [6, 6.07) is 0. The highest BCUT2D eigenvalue weighted by Gasteiger charge is 1.97. The molecule has 1 heterocycles. The smallest absolute Gasteiger partial charge is 0.168 e. The van der Waals surface area contributed by atoms with Crippen LogP contribution in [0.25, 0.3) is 0 Å². The molecule has 1 aromatic heterocycles. The van der Waals surface area contributed by atoms with Crippen molar-refractivity contribution in [3.05, 3.63) is 6.20 Å². The summed E-state index contributed by atoms with van der Waals surface area (Å²) in [5.41, 5.74) is 11.3. The first-order chi connectivity index (χ1) is 4.24. The third kappa shape index (κ3) is 1.54. The molecule has 0 saturated carbocycles. The summed E-state index contributed by atoms with van der Waals surface area (Å²) in [6.45, 7) is 2.78. The van der Waals surface area contributed by atoms with Gasteiger partial charge in [-0.25, -0.2) is 0 Å². The lowest BCUT2D eigenvalue weighted by Crippen LogP contribution is -1.95. The van der Waals surface area contributed by atoms with Gasteiger partial charge in [-0.2, -0.15) is 5.10 Å². The van der Waals surface area contributed by atoms with Crippen LogP contribution in [0.1, 0.15) is 6.92 Å². The number of nitrogens with two attached hydrogens (primary N) is 2. The van der Waals surface area contributed by atoms with Crippen molar-refractivity contribution in [2.75, 3.05) is 11.5 Å². The molecule has 4 nitrogen and oxygen atoms in total. The second-order valence-corrected chi connectivity index (χ2v) is 1.83. The summed E-state index contributed by atoms with van der Waals surface area (Å²) in [7, 11) is 0. The van der Waals surface area contributed by atoms with Crippen LogP contribution < -0.4 is 11.5 Å². The second kappa shape index (κ2) is 3.31. The molecule has 0 fully saturated rings. The van der Waals surface area contributed by atoms with E-state index in [0.717, 1.165) is 6.54 Å². The summed E-state index contributed by atoms with van der Waals surface area (Å²) < 4.78 is 1.70. The molecule has 0 aliphatic carbocycles. The molecule has 0 aromatic carbocycles. The van der Waals surface area contributed by atoms with Gasteiger partial charge in [-0.1, -0.05) is 0 Å². The van der Waals surface area contributed by atoms with E-state index in [9.17, 15) is 0 Å². The van der Waals surface area contributed by atoms with Crippen molar-refractivity contribution < 1.29 is 0 Å². The monoisotopic (exact) mass is 162 g/mol. The second-order valence-electron chi connectivity index (χ2n) is 1.83. The first-order valence-corrected chi connectivity index (χ1v) is 2.82. The van der Waals surface area contributed by atoms with Crippen LogP contribution in [0.2, 0.25) is 0 Å². The van der Waals surface area contributed by atoms with E-state index in [1.54, 1.807) is 10.9 Å². The molecule has 0 aliphatic rings. The molecule has 4 N–H and O–H groups in total. The highest BCUT2D eigenvalue weighted by atomic mass is 35.5. The summed E-state index contributed by atoms with van der Waals surface area (Å²) in [5.74, 6) is 0.414. The predicted octanol–water partition coefficient (Wildman–Crippen LogP) is 0.489. The average Bonchev–Trinajstić information content (AvgIpc) is 2.13. The Morgan fingerprint density at radius 2 is 2.20 bits per heavy atom. The van der Waals surface area contributed by atoms with E-state index in [4.69, 9.17) is 11.5 Å². The Kier molecular flexibility index (Phi) is 3.02. The molecular weight excluding hydrogens is 152 g/mol. The van der Waals surface area contributed by atoms with Crippen molar-refractivity contribution in [3.8, 4) is 0 Å². The maximum absolute atomic E-state index is 5.41. The summed E-state index contributed by atoms with van der Waals surface area (Å²) in [5, 5.41) is 3.90. The minimum atomic E-state index is 0. The van der Waals surface area contributed by atoms with E-state index in [1.165, 1.54) is 0 Å². The van der Waals surface area contributed by atoms with E-state index >= 15 is 0 Å². The van der Waals surface area contributed by atoms with Crippen LogP contribution in [0, 0.1) is 0 Å². The minimum Gasteiger partial charge on any atom is -0.394 e. The molecule has 1 aromatic rings. The van der Waals surface area contributed by atoms with Crippen molar-refractivity contribution in [1.82, 2.24) is 9.78 Å². The van der Waals surface area contributed by atoms with Crippen LogP contribution in [-0.2, 0) is 6.54 Å². The number of aromatic nitrogens is 2. The van der Waals surface area contributed by atoms with Gasteiger partial charge in [0.1, 0.15) is 0 Å². The Morgan fingerprint density at radius 3 is 2.40 bits per heavy atom. The maximum Gasteiger partial charge on any atom is 0.168 e. The van der Waals surface area contributed by atoms with Crippen molar-refractivity contribution in [2.24, 2.45) is 0 Å². The van der Waals surface area contributed by atoms with Gasteiger partial charge in [0.2, 0.25) is 0 Å². The number of hydrogen-bond donors (Lipinski definition) is 2. The van der Waals surface area contributed by atoms with E-state index < -0.39 is 0 Å². The SMILES string of the molecule is CCn1cc(N)c(N)n1.Cl. The molecule has 0 amide bonds. The normalized spacial score (nSPS) is 8.90. The molecule has 0 unspecified atom stereocenters. The van der Waals surface area contributed by atoms with Gasteiger partial charge < -0.3 is 11.5 Å². The van der Waals surface area contributed by atoms with Crippen molar-refractivity contribution in [3.63, 3.8) is 0 Å². The van der Waals surface area contributed by atoms with Crippen LogP contribution in [0.5, 0.6) is 0 Å². The van der Waals surface area contributed by atoms with E-state index in [0.29, 0.717) is 11.5 Å². The van der Waals surface area contributed by atoms with Crippen molar-refractivity contribution >= 4 is 23.9 Å². The van der Waals surface area contributed by atoms with Crippen LogP contribution in [0.15, 0.2) is 6.20 Å². The number of anilines is 2. The van der Waals surface area contributed by atoms with Crippen LogP contribution >= 0.6 is 12.4 Å². The van der Waals surface area contributed by atoms with Gasteiger partial charge >= 0.3 is 0 Å². The third-order valence-electron chi connectivity index (χ3n) is 1.14. The molecule has 0 radical (unpaired) electrons. The Balaban J connectivity index is 0.000000810. The van der Waals surface area contributed by atoms with E-state index in [-0.39, 0.29) is 12.4 Å². The fourth-order valence-corrected chi connectivity index (χ4v) is 0.614. The molecular formula is C5H11ClN4. The zero-order valence-corrected chi connectivity index (χ0v) is 6.56. The van der Waals surface area contributed by atoms with Gasteiger partial charge in [0.25, 0.3) is 0 Å². The van der Waals surface area contributed by atoms with Gasteiger partial charge in [0, 0.05) is 6.54 Å².